The summed E-state index contributed by atoms with van der Waals surface area (Å²) in [7, 11) is -6.69. The molecule has 1 fully saturated rings. The van der Waals surface area contributed by atoms with Gasteiger partial charge in [0.2, 0.25) is 10.0 Å². The molecule has 2 rings (SSSR count). The van der Waals surface area contributed by atoms with Crippen molar-refractivity contribution in [3.63, 3.8) is 0 Å². The van der Waals surface area contributed by atoms with Gasteiger partial charge < -0.3 is 0 Å². The third-order valence-electron chi connectivity index (χ3n) is 2.98. The Balaban J connectivity index is 2.41. The molecule has 1 aliphatic rings. The van der Waals surface area contributed by atoms with E-state index >= 15 is 0 Å². The van der Waals surface area contributed by atoms with Gasteiger partial charge in [-0.15, -0.1) is 0 Å². The fraction of sp³-hybridized carbons (Fsp3) is 0.455. The first-order valence-electron chi connectivity index (χ1n) is 5.64. The third-order valence-corrected chi connectivity index (χ3v) is 6.20. The van der Waals surface area contributed by atoms with Gasteiger partial charge in [0.25, 0.3) is 0 Å². The zero-order valence-corrected chi connectivity index (χ0v) is 12.7. The van der Waals surface area contributed by atoms with Crippen LogP contribution < -0.4 is 4.31 Å². The molecule has 0 aromatic heterocycles. The van der Waals surface area contributed by atoms with E-state index < -0.39 is 25.9 Å². The minimum atomic E-state index is -3.54. The SMILES string of the molecule is CS(=O)(=O)N(c1ccc(Cl)cc1)[C@H]1CCS(=O)(=O)C1. The van der Waals surface area contributed by atoms with Gasteiger partial charge in [0, 0.05) is 5.02 Å². The zero-order chi connectivity index (χ0) is 14.3. The molecular weight excluding hydrogens is 310 g/mol. The van der Waals surface area contributed by atoms with E-state index in [1.54, 1.807) is 24.3 Å². The molecule has 0 radical (unpaired) electrons. The largest absolute Gasteiger partial charge is 0.266 e. The van der Waals surface area contributed by atoms with Crippen molar-refractivity contribution in [1.82, 2.24) is 0 Å². The first-order valence-corrected chi connectivity index (χ1v) is 9.69. The Morgan fingerprint density at radius 1 is 1.26 bits per heavy atom. The lowest BCUT2D eigenvalue weighted by molar-refractivity contribution is 0.586. The number of halogens is 1. The predicted molar refractivity (Wildman–Crippen MR) is 75.8 cm³/mol. The number of benzene rings is 1. The topological polar surface area (TPSA) is 71.5 Å². The maximum absolute atomic E-state index is 11.9. The van der Waals surface area contributed by atoms with E-state index in [2.05, 4.69) is 0 Å². The van der Waals surface area contributed by atoms with Crippen LogP contribution in [0.1, 0.15) is 6.42 Å². The summed E-state index contributed by atoms with van der Waals surface area (Å²) in [5.41, 5.74) is 0.439. The van der Waals surface area contributed by atoms with Gasteiger partial charge in [0.05, 0.1) is 29.5 Å². The van der Waals surface area contributed by atoms with Crippen molar-refractivity contribution >= 4 is 37.1 Å². The summed E-state index contributed by atoms with van der Waals surface area (Å²) in [6.45, 7) is 0. The summed E-state index contributed by atoms with van der Waals surface area (Å²) in [6, 6.07) is 5.78. The van der Waals surface area contributed by atoms with E-state index in [-0.39, 0.29) is 11.5 Å². The number of anilines is 1. The summed E-state index contributed by atoms with van der Waals surface area (Å²) >= 11 is 5.77. The first kappa shape index (κ1) is 14.6. The highest BCUT2D eigenvalue weighted by molar-refractivity contribution is 7.93. The Labute approximate surface area is 118 Å². The summed E-state index contributed by atoms with van der Waals surface area (Å²) in [4.78, 5) is 0. The quantitative estimate of drug-likeness (QED) is 0.840. The normalized spacial score (nSPS) is 22.3. The molecule has 8 heteroatoms. The molecule has 0 unspecified atom stereocenters. The molecule has 1 aliphatic heterocycles. The molecule has 0 spiro atoms. The maximum Gasteiger partial charge on any atom is 0.232 e. The van der Waals surface area contributed by atoms with E-state index in [1.807, 2.05) is 0 Å². The molecule has 0 N–H and O–H groups in total. The third kappa shape index (κ3) is 3.40. The average Bonchev–Trinajstić information content (AvgIpc) is 2.60. The van der Waals surface area contributed by atoms with Crippen LogP contribution in [0.3, 0.4) is 0 Å². The number of nitrogens with zero attached hydrogens (tertiary/aromatic N) is 1. The maximum atomic E-state index is 11.9. The van der Waals surface area contributed by atoms with E-state index in [4.69, 9.17) is 11.6 Å². The van der Waals surface area contributed by atoms with Crippen molar-refractivity contribution in [1.29, 1.82) is 0 Å². The van der Waals surface area contributed by atoms with Crippen LogP contribution in [-0.4, -0.2) is 40.6 Å². The molecule has 1 atom stereocenters. The minimum Gasteiger partial charge on any atom is -0.266 e. The van der Waals surface area contributed by atoms with Gasteiger partial charge in [-0.1, -0.05) is 11.6 Å². The second-order valence-electron chi connectivity index (χ2n) is 4.59. The number of sulfonamides is 1. The van der Waals surface area contributed by atoms with Crippen LogP contribution in [0, 0.1) is 0 Å². The number of hydrogen-bond donors (Lipinski definition) is 0. The van der Waals surface area contributed by atoms with Crippen LogP contribution in [-0.2, 0) is 19.9 Å². The molecule has 1 heterocycles. The Morgan fingerprint density at radius 3 is 2.26 bits per heavy atom. The predicted octanol–water partition coefficient (Wildman–Crippen LogP) is 1.29. The number of rotatable bonds is 3. The summed E-state index contributed by atoms with van der Waals surface area (Å²) in [6.07, 6.45) is 1.39. The Morgan fingerprint density at radius 2 is 1.84 bits per heavy atom. The molecular formula is C11H14ClNO4S2. The Hall–Kier alpha value is -0.790. The van der Waals surface area contributed by atoms with Gasteiger partial charge in [-0.2, -0.15) is 0 Å². The minimum absolute atomic E-state index is 0.0251. The fourth-order valence-corrected chi connectivity index (χ4v) is 5.37. The highest BCUT2D eigenvalue weighted by Crippen LogP contribution is 2.27. The van der Waals surface area contributed by atoms with Gasteiger partial charge >= 0.3 is 0 Å². The lowest BCUT2D eigenvalue weighted by atomic mass is 10.2. The second kappa shape index (κ2) is 4.96. The molecule has 0 bridgehead atoms. The van der Waals surface area contributed by atoms with Gasteiger partial charge in [-0.25, -0.2) is 16.8 Å². The smallest absolute Gasteiger partial charge is 0.232 e. The summed E-state index contributed by atoms with van der Waals surface area (Å²) in [5.74, 6) is -0.111. The molecule has 0 aliphatic carbocycles. The van der Waals surface area contributed by atoms with Crippen LogP contribution in [0.4, 0.5) is 5.69 Å². The molecule has 5 nitrogen and oxygen atoms in total. The van der Waals surface area contributed by atoms with Crippen molar-refractivity contribution in [3.8, 4) is 0 Å². The van der Waals surface area contributed by atoms with Gasteiger partial charge in [0.15, 0.2) is 9.84 Å². The molecule has 1 aromatic rings. The lowest BCUT2D eigenvalue weighted by Gasteiger charge is -2.27. The highest BCUT2D eigenvalue weighted by Gasteiger charge is 2.36. The van der Waals surface area contributed by atoms with Gasteiger partial charge in [0.1, 0.15) is 0 Å². The molecule has 1 saturated heterocycles. The Kier molecular flexibility index (Phi) is 3.81. The number of hydrogen-bond acceptors (Lipinski definition) is 4. The van der Waals surface area contributed by atoms with E-state index in [1.165, 1.54) is 4.31 Å². The molecule has 1 aromatic carbocycles. The summed E-state index contributed by atoms with van der Waals surface area (Å²) in [5, 5.41) is 0.497. The second-order valence-corrected chi connectivity index (χ2v) is 9.12. The number of sulfone groups is 1. The van der Waals surface area contributed by atoms with Crippen LogP contribution in [0.5, 0.6) is 0 Å². The van der Waals surface area contributed by atoms with Crippen molar-refractivity contribution < 1.29 is 16.8 Å². The van der Waals surface area contributed by atoms with Crippen LogP contribution >= 0.6 is 11.6 Å². The summed E-state index contributed by atoms with van der Waals surface area (Å²) < 4.78 is 48.0. The van der Waals surface area contributed by atoms with Crippen molar-refractivity contribution in [2.75, 3.05) is 22.1 Å². The molecule has 19 heavy (non-hydrogen) atoms. The first-order chi connectivity index (χ1) is 8.69. The molecule has 0 amide bonds. The van der Waals surface area contributed by atoms with Crippen molar-refractivity contribution in [2.24, 2.45) is 0 Å². The van der Waals surface area contributed by atoms with Crippen LogP contribution in [0.15, 0.2) is 24.3 Å². The van der Waals surface area contributed by atoms with E-state index in [0.717, 1.165) is 6.26 Å². The Bertz CT molecular complexity index is 667. The van der Waals surface area contributed by atoms with Gasteiger partial charge in [-0.3, -0.25) is 4.31 Å². The molecule has 106 valence electrons. The standard InChI is InChI=1S/C11H14ClNO4S2/c1-18(14,15)13(10-4-2-9(12)3-5-10)11-6-7-19(16,17)8-11/h2-5,11H,6-8H2,1H3/t11-/m0/s1. The monoisotopic (exact) mass is 323 g/mol. The van der Waals surface area contributed by atoms with Crippen molar-refractivity contribution in [2.45, 2.75) is 12.5 Å². The van der Waals surface area contributed by atoms with E-state index in [9.17, 15) is 16.8 Å². The van der Waals surface area contributed by atoms with Crippen LogP contribution in [0.2, 0.25) is 5.02 Å². The molecule has 0 saturated carbocycles. The van der Waals surface area contributed by atoms with E-state index in [0.29, 0.717) is 17.1 Å². The van der Waals surface area contributed by atoms with Crippen LogP contribution in [0.25, 0.3) is 0 Å². The fourth-order valence-electron chi connectivity index (χ4n) is 2.22. The highest BCUT2D eigenvalue weighted by atomic mass is 35.5. The van der Waals surface area contributed by atoms with Gasteiger partial charge in [-0.05, 0) is 30.7 Å². The van der Waals surface area contributed by atoms with Crippen molar-refractivity contribution in [3.05, 3.63) is 29.3 Å². The lowest BCUT2D eigenvalue weighted by Crippen LogP contribution is -2.40. The zero-order valence-electron chi connectivity index (χ0n) is 10.3. The average molecular weight is 324 g/mol.